The maximum absolute atomic E-state index is 2.36. The van der Waals surface area contributed by atoms with E-state index in [1.54, 1.807) is 0 Å². The summed E-state index contributed by atoms with van der Waals surface area (Å²) in [5.41, 5.74) is 4.26. The fourth-order valence-electron chi connectivity index (χ4n) is 3.08. The molecule has 0 N–H and O–H groups in total. The summed E-state index contributed by atoms with van der Waals surface area (Å²) in [5, 5.41) is 0. The lowest BCUT2D eigenvalue weighted by Gasteiger charge is -2.13. The van der Waals surface area contributed by atoms with Crippen molar-refractivity contribution in [3.63, 3.8) is 0 Å². The van der Waals surface area contributed by atoms with E-state index in [0.717, 1.165) is 12.3 Å². The molecule has 0 heteroatoms. The lowest BCUT2D eigenvalue weighted by Crippen LogP contribution is -1.97. The fourth-order valence-corrected chi connectivity index (χ4v) is 3.08. The first-order chi connectivity index (χ1) is 10.3. The highest BCUT2D eigenvalue weighted by Crippen LogP contribution is 2.32. The van der Waals surface area contributed by atoms with Gasteiger partial charge in [-0.1, -0.05) is 91.5 Å². The van der Waals surface area contributed by atoms with Crippen molar-refractivity contribution in [2.24, 2.45) is 5.92 Å². The van der Waals surface area contributed by atoms with E-state index in [0.29, 0.717) is 0 Å². The third kappa shape index (κ3) is 5.75. The molecule has 0 aromatic carbocycles. The number of allylic oxidation sites excluding steroid dienone is 12. The van der Waals surface area contributed by atoms with E-state index in [1.165, 1.54) is 48.8 Å². The Hall–Kier alpha value is -1.56. The van der Waals surface area contributed by atoms with Gasteiger partial charge in [-0.2, -0.15) is 0 Å². The van der Waals surface area contributed by atoms with Gasteiger partial charge in [-0.3, -0.25) is 0 Å². The van der Waals surface area contributed by atoms with E-state index >= 15 is 0 Å². The third-order valence-corrected chi connectivity index (χ3v) is 4.42. The maximum Gasteiger partial charge on any atom is -0.0160 e. The minimum absolute atomic E-state index is 0.902. The predicted octanol–water partition coefficient (Wildman–Crippen LogP) is 6.46. The Bertz CT molecular complexity index is 500. The zero-order valence-electron chi connectivity index (χ0n) is 13.5. The summed E-state index contributed by atoms with van der Waals surface area (Å²) >= 11 is 0. The summed E-state index contributed by atoms with van der Waals surface area (Å²) in [6.07, 6.45) is 27.8. The average Bonchev–Trinajstić information content (AvgIpc) is 2.98. The summed E-state index contributed by atoms with van der Waals surface area (Å²) in [4.78, 5) is 0. The normalized spacial score (nSPS) is 33.1. The van der Waals surface area contributed by atoms with Crippen LogP contribution in [0.1, 0.15) is 52.4 Å². The quantitative estimate of drug-likeness (QED) is 0.544. The molecule has 2 rings (SSSR count). The van der Waals surface area contributed by atoms with Crippen molar-refractivity contribution in [2.45, 2.75) is 52.4 Å². The summed E-state index contributed by atoms with van der Waals surface area (Å²) in [6.45, 7) is 4.41. The van der Waals surface area contributed by atoms with E-state index in [2.05, 4.69) is 68.5 Å². The van der Waals surface area contributed by atoms with Gasteiger partial charge in [0.1, 0.15) is 0 Å². The molecule has 1 fully saturated rings. The van der Waals surface area contributed by atoms with E-state index < -0.39 is 0 Å². The van der Waals surface area contributed by atoms with Crippen LogP contribution in [0.4, 0.5) is 0 Å². The molecule has 0 bridgehead atoms. The molecule has 0 unspecified atom stereocenters. The van der Waals surface area contributed by atoms with Gasteiger partial charge in [0.15, 0.2) is 0 Å². The average molecular weight is 280 g/mol. The molecule has 0 atom stereocenters. The number of hydrogen-bond donors (Lipinski definition) is 0. The van der Waals surface area contributed by atoms with Crippen molar-refractivity contribution < 1.29 is 0 Å². The van der Waals surface area contributed by atoms with Gasteiger partial charge in [-0.25, -0.2) is 0 Å². The third-order valence-electron chi connectivity index (χ3n) is 4.42. The molecule has 0 radical (unpaired) electrons. The molecule has 0 heterocycles. The minimum atomic E-state index is 0.902. The molecule has 0 aromatic rings. The first kappa shape index (κ1) is 15.8. The Morgan fingerprint density at radius 1 is 0.952 bits per heavy atom. The lowest BCUT2D eigenvalue weighted by atomic mass is 9.92. The first-order valence-electron chi connectivity index (χ1n) is 8.30. The Labute approximate surface area is 130 Å². The molecule has 112 valence electrons. The Balaban J connectivity index is 2.14. The van der Waals surface area contributed by atoms with Gasteiger partial charge in [0, 0.05) is 0 Å². The highest BCUT2D eigenvalue weighted by Gasteiger charge is 2.16. The zero-order chi connectivity index (χ0) is 14.9. The molecule has 0 nitrogen and oxygen atoms in total. The summed E-state index contributed by atoms with van der Waals surface area (Å²) in [7, 11) is 0. The van der Waals surface area contributed by atoms with Crippen LogP contribution in [0.5, 0.6) is 0 Å². The molecule has 21 heavy (non-hydrogen) atoms. The van der Waals surface area contributed by atoms with Crippen molar-refractivity contribution in [1.29, 1.82) is 0 Å². The van der Waals surface area contributed by atoms with Crippen molar-refractivity contribution >= 4 is 0 Å². The van der Waals surface area contributed by atoms with Gasteiger partial charge in [0.2, 0.25) is 0 Å². The standard InChI is InChI=1S/C21H28/c1-18-11-5-3-4-6-16-21(17-20-14-9-10-15-20)19(2)13-8-7-12-18/h3-7,11-13,16,20H,8-10,14-15,17H2,1-2H3/b5-3-,6-4+,12-7+,18-11-,19-13-,21-16-. The van der Waals surface area contributed by atoms with E-state index in [-0.39, 0.29) is 0 Å². The van der Waals surface area contributed by atoms with Crippen LogP contribution >= 0.6 is 0 Å². The van der Waals surface area contributed by atoms with Crippen molar-refractivity contribution in [1.82, 2.24) is 0 Å². The molecular formula is C21H28. The summed E-state index contributed by atoms with van der Waals surface area (Å²) in [6, 6.07) is 0. The van der Waals surface area contributed by atoms with Crippen LogP contribution in [-0.2, 0) is 0 Å². The van der Waals surface area contributed by atoms with Crippen LogP contribution in [-0.4, -0.2) is 0 Å². The van der Waals surface area contributed by atoms with Crippen LogP contribution in [0.15, 0.2) is 71.4 Å². The lowest BCUT2D eigenvalue weighted by molar-refractivity contribution is 0.546. The topological polar surface area (TPSA) is 0 Å². The first-order valence-corrected chi connectivity index (χ1v) is 8.30. The Morgan fingerprint density at radius 3 is 2.43 bits per heavy atom. The van der Waals surface area contributed by atoms with Crippen molar-refractivity contribution in [3.8, 4) is 0 Å². The van der Waals surface area contributed by atoms with Crippen LogP contribution in [0.3, 0.4) is 0 Å². The molecule has 0 saturated heterocycles. The van der Waals surface area contributed by atoms with Gasteiger partial charge in [0.25, 0.3) is 0 Å². The second-order valence-corrected chi connectivity index (χ2v) is 6.25. The SMILES string of the molecule is CC1=C/C=C\C=C\C=C(CC2CCCC2)/C(C)=C\C\C=C\1. The molecule has 0 aliphatic heterocycles. The van der Waals surface area contributed by atoms with Crippen LogP contribution in [0.25, 0.3) is 0 Å². The minimum Gasteiger partial charge on any atom is -0.0805 e. The molecule has 0 spiro atoms. The van der Waals surface area contributed by atoms with Crippen LogP contribution in [0.2, 0.25) is 0 Å². The number of hydrogen-bond acceptors (Lipinski definition) is 0. The fraction of sp³-hybridized carbons (Fsp3) is 0.429. The van der Waals surface area contributed by atoms with E-state index in [4.69, 9.17) is 0 Å². The summed E-state index contributed by atoms with van der Waals surface area (Å²) < 4.78 is 0. The largest absolute Gasteiger partial charge is 0.0805 e. The second kappa shape index (κ2) is 8.67. The van der Waals surface area contributed by atoms with Gasteiger partial charge in [-0.15, -0.1) is 0 Å². The molecule has 1 saturated carbocycles. The predicted molar refractivity (Wildman–Crippen MR) is 94.2 cm³/mol. The molecule has 2 aliphatic rings. The highest BCUT2D eigenvalue weighted by molar-refractivity contribution is 5.35. The highest BCUT2D eigenvalue weighted by atomic mass is 14.2. The Morgan fingerprint density at radius 2 is 1.67 bits per heavy atom. The van der Waals surface area contributed by atoms with Crippen LogP contribution in [0, 0.1) is 5.92 Å². The van der Waals surface area contributed by atoms with E-state index in [1.807, 2.05) is 0 Å². The van der Waals surface area contributed by atoms with Gasteiger partial charge in [-0.05, 0) is 38.2 Å². The van der Waals surface area contributed by atoms with Gasteiger partial charge in [0.05, 0.1) is 0 Å². The monoisotopic (exact) mass is 280 g/mol. The van der Waals surface area contributed by atoms with Crippen molar-refractivity contribution in [2.75, 3.05) is 0 Å². The second-order valence-electron chi connectivity index (χ2n) is 6.25. The maximum atomic E-state index is 2.36. The molecule has 2 aliphatic carbocycles. The van der Waals surface area contributed by atoms with Crippen LogP contribution < -0.4 is 0 Å². The Kier molecular flexibility index (Phi) is 6.53. The number of rotatable bonds is 2. The smallest absolute Gasteiger partial charge is 0.0160 e. The molecular weight excluding hydrogens is 252 g/mol. The van der Waals surface area contributed by atoms with Crippen molar-refractivity contribution in [3.05, 3.63) is 71.4 Å². The van der Waals surface area contributed by atoms with Gasteiger partial charge < -0.3 is 0 Å². The zero-order valence-corrected chi connectivity index (χ0v) is 13.5. The molecule has 0 amide bonds. The van der Waals surface area contributed by atoms with Gasteiger partial charge >= 0.3 is 0 Å². The van der Waals surface area contributed by atoms with E-state index in [9.17, 15) is 0 Å². The summed E-state index contributed by atoms with van der Waals surface area (Å²) in [5.74, 6) is 0.902. The molecule has 0 aromatic heterocycles.